The van der Waals surface area contributed by atoms with E-state index in [9.17, 15) is 5.11 Å². The number of rotatable bonds is 8. The average molecular weight is 472 g/mol. The van der Waals surface area contributed by atoms with Crippen LogP contribution in [0, 0.1) is 26.7 Å². The Kier molecular flexibility index (Phi) is 6.88. The summed E-state index contributed by atoms with van der Waals surface area (Å²) in [5, 5.41) is 17.5. The largest absolute Gasteiger partial charge is 0.491 e. The molecule has 0 saturated carbocycles. The van der Waals surface area contributed by atoms with Gasteiger partial charge in [0.05, 0.1) is 22.0 Å². The van der Waals surface area contributed by atoms with E-state index in [1.165, 1.54) is 0 Å². The van der Waals surface area contributed by atoms with Crippen molar-refractivity contribution in [1.82, 2.24) is 20.4 Å². The summed E-state index contributed by atoms with van der Waals surface area (Å²) in [6.45, 7) is 10.6. The number of halogens is 1. The van der Waals surface area contributed by atoms with Gasteiger partial charge < -0.3 is 24.6 Å². The first kappa shape index (κ1) is 23.5. The van der Waals surface area contributed by atoms with Crippen LogP contribution < -0.4 is 15.0 Å². The van der Waals surface area contributed by atoms with Crippen LogP contribution in [0.2, 0.25) is 5.02 Å². The van der Waals surface area contributed by atoms with Crippen molar-refractivity contribution in [2.75, 3.05) is 38.2 Å². The number of nitrogens with zero attached hydrogens (tertiary/aromatic N) is 4. The average Bonchev–Trinajstić information content (AvgIpc) is 3.09. The molecular formula is C24H30ClN5O3. The normalized spacial score (nSPS) is 14.9. The van der Waals surface area contributed by atoms with E-state index in [1.54, 1.807) is 19.2 Å². The van der Waals surface area contributed by atoms with Gasteiger partial charge in [-0.3, -0.25) is 0 Å². The van der Waals surface area contributed by atoms with Crippen molar-refractivity contribution in [3.8, 4) is 28.4 Å². The highest BCUT2D eigenvalue weighted by Gasteiger charge is 2.29. The zero-order valence-electron chi connectivity index (χ0n) is 19.6. The van der Waals surface area contributed by atoms with E-state index in [4.69, 9.17) is 30.8 Å². The molecule has 176 valence electrons. The second-order valence-corrected chi connectivity index (χ2v) is 9.13. The van der Waals surface area contributed by atoms with E-state index >= 15 is 0 Å². The van der Waals surface area contributed by atoms with E-state index in [2.05, 4.69) is 22.3 Å². The first-order chi connectivity index (χ1) is 15.8. The Bertz CT molecular complexity index is 1120. The number of aromatic nitrogens is 3. The minimum atomic E-state index is -0.615. The number of nitrogens with one attached hydrogen (secondary N) is 1. The number of anilines is 1. The third kappa shape index (κ3) is 4.83. The minimum absolute atomic E-state index is 0.165. The van der Waals surface area contributed by atoms with E-state index in [1.807, 2.05) is 26.8 Å². The van der Waals surface area contributed by atoms with Gasteiger partial charge in [-0.05, 0) is 51.9 Å². The molecule has 2 aromatic heterocycles. The molecule has 1 atom stereocenters. The molecule has 1 aromatic carbocycles. The molecule has 1 fully saturated rings. The van der Waals surface area contributed by atoms with Crippen molar-refractivity contribution in [3.63, 3.8) is 0 Å². The standard InChI is InChI=1S/C24H30ClN5O3/c1-13-10-30(11-13)24-14(2)22(21-15(3)29-33-16(21)4)27-23(28-24)19-8-18(6-7-20(19)25)32-12-17(31)9-26-5/h6-8,13,17,26,31H,9-12H2,1-5H3/t17-/m1/s1. The van der Waals surface area contributed by atoms with Crippen LogP contribution in [-0.4, -0.2) is 59.6 Å². The van der Waals surface area contributed by atoms with Gasteiger partial charge in [0.1, 0.15) is 30.0 Å². The predicted octanol–water partition coefficient (Wildman–Crippen LogP) is 3.79. The lowest BCUT2D eigenvalue weighted by Gasteiger charge is -2.39. The van der Waals surface area contributed by atoms with Gasteiger partial charge in [0.25, 0.3) is 0 Å². The SMILES string of the molecule is CNC[C@@H](O)COc1ccc(Cl)c(-c2nc(-c3c(C)noc3C)c(C)c(N3CC(C)C3)n2)c1. The number of hydrogen-bond donors (Lipinski definition) is 2. The van der Waals surface area contributed by atoms with E-state index in [0.717, 1.165) is 41.4 Å². The lowest BCUT2D eigenvalue weighted by molar-refractivity contribution is 0.108. The van der Waals surface area contributed by atoms with Gasteiger partial charge >= 0.3 is 0 Å². The lowest BCUT2D eigenvalue weighted by Crippen LogP contribution is -2.46. The Morgan fingerprint density at radius 2 is 2.03 bits per heavy atom. The highest BCUT2D eigenvalue weighted by Crippen LogP contribution is 2.38. The third-order valence-corrected chi connectivity index (χ3v) is 6.14. The molecule has 1 saturated heterocycles. The second kappa shape index (κ2) is 9.67. The quantitative estimate of drug-likeness (QED) is 0.512. The molecule has 0 aliphatic carbocycles. The van der Waals surface area contributed by atoms with Crippen LogP contribution in [0.1, 0.15) is 23.9 Å². The van der Waals surface area contributed by atoms with Crippen LogP contribution in [0.5, 0.6) is 5.75 Å². The summed E-state index contributed by atoms with van der Waals surface area (Å²) in [4.78, 5) is 12.1. The molecule has 3 heterocycles. The molecule has 0 bridgehead atoms. The van der Waals surface area contributed by atoms with Crippen molar-refractivity contribution in [1.29, 1.82) is 0 Å². The molecule has 1 aliphatic heterocycles. The van der Waals surface area contributed by atoms with Crippen LogP contribution in [0.15, 0.2) is 22.7 Å². The molecule has 0 unspecified atom stereocenters. The van der Waals surface area contributed by atoms with Gasteiger partial charge in [-0.15, -0.1) is 0 Å². The molecule has 9 heteroatoms. The lowest BCUT2D eigenvalue weighted by atomic mass is 10.00. The van der Waals surface area contributed by atoms with Gasteiger partial charge in [-0.25, -0.2) is 9.97 Å². The van der Waals surface area contributed by atoms with Crippen LogP contribution >= 0.6 is 11.6 Å². The van der Waals surface area contributed by atoms with E-state index in [-0.39, 0.29) is 6.61 Å². The molecule has 0 radical (unpaired) electrons. The van der Waals surface area contributed by atoms with Crippen molar-refractivity contribution in [2.24, 2.45) is 5.92 Å². The Hall–Kier alpha value is -2.68. The van der Waals surface area contributed by atoms with Crippen molar-refractivity contribution in [2.45, 2.75) is 33.8 Å². The summed E-state index contributed by atoms with van der Waals surface area (Å²) >= 11 is 6.59. The zero-order valence-corrected chi connectivity index (χ0v) is 20.4. The molecule has 3 aromatic rings. The molecular weight excluding hydrogens is 442 g/mol. The summed E-state index contributed by atoms with van der Waals surface area (Å²) < 4.78 is 11.2. The molecule has 0 spiro atoms. The predicted molar refractivity (Wildman–Crippen MR) is 129 cm³/mol. The molecule has 2 N–H and O–H groups in total. The van der Waals surface area contributed by atoms with Crippen LogP contribution in [-0.2, 0) is 0 Å². The Morgan fingerprint density at radius 1 is 1.27 bits per heavy atom. The Morgan fingerprint density at radius 3 is 2.67 bits per heavy atom. The number of aliphatic hydroxyl groups excluding tert-OH is 1. The highest BCUT2D eigenvalue weighted by atomic mass is 35.5. The van der Waals surface area contributed by atoms with Gasteiger partial charge in [0, 0.05) is 30.8 Å². The number of aliphatic hydroxyl groups is 1. The highest BCUT2D eigenvalue weighted by molar-refractivity contribution is 6.33. The number of likely N-dealkylation sites (N-methyl/N-ethyl adjacent to an activating group) is 1. The first-order valence-corrected chi connectivity index (χ1v) is 11.5. The topological polar surface area (TPSA) is 96.5 Å². The summed E-state index contributed by atoms with van der Waals surface area (Å²) in [6.07, 6.45) is -0.615. The van der Waals surface area contributed by atoms with Crippen molar-refractivity contribution >= 4 is 17.4 Å². The maximum Gasteiger partial charge on any atom is 0.163 e. The van der Waals surface area contributed by atoms with Crippen LogP contribution in [0.3, 0.4) is 0 Å². The zero-order chi connectivity index (χ0) is 23.7. The fraction of sp³-hybridized carbons (Fsp3) is 0.458. The van der Waals surface area contributed by atoms with Gasteiger partial charge in [0.15, 0.2) is 5.82 Å². The third-order valence-electron chi connectivity index (χ3n) is 5.81. The molecule has 33 heavy (non-hydrogen) atoms. The molecule has 0 amide bonds. The van der Waals surface area contributed by atoms with Gasteiger partial charge in [0.2, 0.25) is 0 Å². The number of ether oxygens (including phenoxy) is 1. The summed E-state index contributed by atoms with van der Waals surface area (Å²) in [7, 11) is 1.78. The number of hydrogen-bond acceptors (Lipinski definition) is 8. The first-order valence-electron chi connectivity index (χ1n) is 11.1. The Balaban J connectivity index is 1.78. The van der Waals surface area contributed by atoms with Crippen molar-refractivity contribution in [3.05, 3.63) is 40.2 Å². The number of benzene rings is 1. The smallest absolute Gasteiger partial charge is 0.163 e. The van der Waals surface area contributed by atoms with Crippen LogP contribution in [0.4, 0.5) is 5.82 Å². The maximum absolute atomic E-state index is 9.97. The summed E-state index contributed by atoms with van der Waals surface area (Å²) in [5.74, 6) is 3.32. The molecule has 4 rings (SSSR count). The fourth-order valence-corrected chi connectivity index (χ4v) is 4.32. The van der Waals surface area contributed by atoms with Gasteiger partial charge in [-0.1, -0.05) is 23.7 Å². The fourth-order valence-electron chi connectivity index (χ4n) is 4.12. The summed E-state index contributed by atoms with van der Waals surface area (Å²) in [6, 6.07) is 5.36. The Labute approximate surface area is 198 Å². The second-order valence-electron chi connectivity index (χ2n) is 8.72. The van der Waals surface area contributed by atoms with E-state index < -0.39 is 6.10 Å². The minimum Gasteiger partial charge on any atom is -0.491 e. The maximum atomic E-state index is 9.97. The monoisotopic (exact) mass is 471 g/mol. The molecule has 1 aliphatic rings. The van der Waals surface area contributed by atoms with Crippen LogP contribution in [0.25, 0.3) is 22.6 Å². The number of aryl methyl sites for hydroxylation is 2. The molecule has 8 nitrogen and oxygen atoms in total. The van der Waals surface area contributed by atoms with Crippen molar-refractivity contribution < 1.29 is 14.4 Å². The summed E-state index contributed by atoms with van der Waals surface area (Å²) in [5.41, 5.74) is 4.10. The van der Waals surface area contributed by atoms with Gasteiger partial charge in [-0.2, -0.15) is 0 Å². The van der Waals surface area contributed by atoms with E-state index in [0.29, 0.717) is 40.4 Å².